The molecule has 0 saturated heterocycles. The van der Waals surface area contributed by atoms with Crippen molar-refractivity contribution in [3.8, 4) is 11.5 Å². The molecule has 0 fully saturated rings. The van der Waals surface area contributed by atoms with E-state index in [-0.39, 0.29) is 16.9 Å². The van der Waals surface area contributed by atoms with Gasteiger partial charge in [-0.15, -0.1) is 0 Å². The van der Waals surface area contributed by atoms with Gasteiger partial charge in [0.15, 0.2) is 0 Å². The summed E-state index contributed by atoms with van der Waals surface area (Å²) in [6.07, 6.45) is 7.96. The average Bonchev–Trinajstić information content (AvgIpc) is 2.87. The molecule has 2 nitrogen and oxygen atoms in total. The standard InChI is InChI=1S/C23H38O2/c1-8-10-12-23(13-11-9-2)15-18-19(25-23)14-17(16(3)4)21(24)20(18)22(5,6)7/h14,16,24H,8-13,15H2,1-7H3. The lowest BCUT2D eigenvalue weighted by Crippen LogP contribution is -2.34. The normalized spacial score (nSPS) is 16.2. The number of phenols is 1. The van der Waals surface area contributed by atoms with Gasteiger partial charge in [-0.05, 0) is 43.1 Å². The predicted molar refractivity (Wildman–Crippen MR) is 107 cm³/mol. The van der Waals surface area contributed by atoms with Gasteiger partial charge in [0.2, 0.25) is 0 Å². The van der Waals surface area contributed by atoms with Gasteiger partial charge in [0.1, 0.15) is 17.1 Å². The highest BCUT2D eigenvalue weighted by molar-refractivity contribution is 5.59. The third-order valence-corrected chi connectivity index (χ3v) is 5.57. The molecule has 0 atom stereocenters. The maximum absolute atomic E-state index is 11.0. The van der Waals surface area contributed by atoms with Gasteiger partial charge in [-0.2, -0.15) is 0 Å². The van der Waals surface area contributed by atoms with Crippen molar-refractivity contribution in [3.05, 3.63) is 22.8 Å². The van der Waals surface area contributed by atoms with Crippen LogP contribution in [0.1, 0.15) is 110 Å². The van der Waals surface area contributed by atoms with Gasteiger partial charge >= 0.3 is 0 Å². The number of aromatic hydroxyl groups is 1. The van der Waals surface area contributed by atoms with E-state index in [4.69, 9.17) is 4.74 Å². The number of ether oxygens (including phenoxy) is 1. The van der Waals surface area contributed by atoms with Crippen LogP contribution in [0.25, 0.3) is 0 Å². The van der Waals surface area contributed by atoms with E-state index in [0.29, 0.717) is 5.75 Å². The monoisotopic (exact) mass is 346 g/mol. The molecular formula is C23H38O2. The molecule has 1 N–H and O–H groups in total. The lowest BCUT2D eigenvalue weighted by molar-refractivity contribution is 0.0695. The van der Waals surface area contributed by atoms with Gasteiger partial charge in [-0.1, -0.05) is 61.3 Å². The fourth-order valence-corrected chi connectivity index (χ4v) is 4.21. The second-order valence-corrected chi connectivity index (χ2v) is 9.24. The molecule has 0 saturated carbocycles. The largest absolute Gasteiger partial charge is 0.507 e. The molecule has 0 unspecified atom stereocenters. The Bertz CT molecular complexity index is 585. The number of hydrogen-bond donors (Lipinski definition) is 1. The van der Waals surface area contributed by atoms with Crippen LogP contribution in [-0.4, -0.2) is 10.7 Å². The molecule has 142 valence electrons. The van der Waals surface area contributed by atoms with Crippen molar-refractivity contribution in [1.82, 2.24) is 0 Å². The second-order valence-electron chi connectivity index (χ2n) is 9.24. The Morgan fingerprint density at radius 3 is 2.12 bits per heavy atom. The highest BCUT2D eigenvalue weighted by Crippen LogP contribution is 2.50. The lowest BCUT2D eigenvalue weighted by atomic mass is 9.77. The van der Waals surface area contributed by atoms with E-state index in [1.165, 1.54) is 31.2 Å². The molecule has 0 amide bonds. The van der Waals surface area contributed by atoms with Crippen LogP contribution in [0.15, 0.2) is 6.07 Å². The number of rotatable bonds is 7. The number of phenolic OH excluding ortho intramolecular Hbond substituents is 1. The summed E-state index contributed by atoms with van der Waals surface area (Å²) in [5.41, 5.74) is 3.21. The molecule has 0 aromatic heterocycles. The summed E-state index contributed by atoms with van der Waals surface area (Å²) >= 11 is 0. The molecule has 0 spiro atoms. The zero-order valence-corrected chi connectivity index (χ0v) is 17.5. The molecule has 1 aliphatic rings. The van der Waals surface area contributed by atoms with Gasteiger partial charge < -0.3 is 9.84 Å². The first-order chi connectivity index (χ1) is 11.6. The van der Waals surface area contributed by atoms with Crippen molar-refractivity contribution in [1.29, 1.82) is 0 Å². The van der Waals surface area contributed by atoms with E-state index in [9.17, 15) is 5.11 Å². The van der Waals surface area contributed by atoms with Crippen LogP contribution in [0.4, 0.5) is 0 Å². The first-order valence-corrected chi connectivity index (χ1v) is 10.2. The summed E-state index contributed by atoms with van der Waals surface area (Å²) < 4.78 is 6.67. The molecule has 0 radical (unpaired) electrons. The van der Waals surface area contributed by atoms with E-state index >= 15 is 0 Å². The summed E-state index contributed by atoms with van der Waals surface area (Å²) in [6.45, 7) is 15.4. The first-order valence-electron chi connectivity index (χ1n) is 10.2. The summed E-state index contributed by atoms with van der Waals surface area (Å²) in [6, 6.07) is 2.12. The van der Waals surface area contributed by atoms with E-state index in [2.05, 4.69) is 54.5 Å². The topological polar surface area (TPSA) is 29.5 Å². The predicted octanol–water partition coefficient (Wildman–Crippen LogP) is 6.87. The first kappa shape index (κ1) is 20.1. The quantitative estimate of drug-likeness (QED) is 0.584. The fraction of sp³-hybridized carbons (Fsp3) is 0.739. The van der Waals surface area contributed by atoms with Gasteiger partial charge in [0.25, 0.3) is 0 Å². The Labute approximate surface area is 155 Å². The number of hydrogen-bond acceptors (Lipinski definition) is 2. The zero-order chi connectivity index (χ0) is 18.8. The van der Waals surface area contributed by atoms with Crippen molar-refractivity contribution in [2.75, 3.05) is 0 Å². The number of fused-ring (bicyclic) bond motifs is 1. The van der Waals surface area contributed by atoms with Crippen molar-refractivity contribution >= 4 is 0 Å². The summed E-state index contributed by atoms with van der Waals surface area (Å²) in [5, 5.41) is 11.0. The van der Waals surface area contributed by atoms with Gasteiger partial charge in [-0.25, -0.2) is 0 Å². The average molecular weight is 347 g/mol. The molecule has 2 heteroatoms. The van der Waals surface area contributed by atoms with Crippen molar-refractivity contribution in [2.24, 2.45) is 0 Å². The number of benzene rings is 1. The minimum absolute atomic E-state index is 0.0730. The Morgan fingerprint density at radius 1 is 1.12 bits per heavy atom. The Hall–Kier alpha value is -1.18. The summed E-state index contributed by atoms with van der Waals surface area (Å²) in [4.78, 5) is 0. The van der Waals surface area contributed by atoms with Crippen molar-refractivity contribution in [2.45, 2.75) is 110 Å². The third kappa shape index (κ3) is 4.15. The van der Waals surface area contributed by atoms with E-state index in [1.807, 2.05) is 0 Å². The van der Waals surface area contributed by atoms with Gasteiger partial charge in [-0.3, -0.25) is 0 Å². The van der Waals surface area contributed by atoms with Crippen LogP contribution in [0.5, 0.6) is 11.5 Å². The van der Waals surface area contributed by atoms with E-state index < -0.39 is 0 Å². The smallest absolute Gasteiger partial charge is 0.124 e. The van der Waals surface area contributed by atoms with E-state index in [1.54, 1.807) is 0 Å². The van der Waals surface area contributed by atoms with Crippen LogP contribution in [-0.2, 0) is 11.8 Å². The molecule has 1 aromatic carbocycles. The van der Waals surface area contributed by atoms with Gasteiger partial charge in [0, 0.05) is 23.1 Å². The van der Waals surface area contributed by atoms with Gasteiger partial charge in [0.05, 0.1) is 0 Å². The molecule has 1 aromatic rings. The van der Waals surface area contributed by atoms with Crippen LogP contribution < -0.4 is 4.74 Å². The SMILES string of the molecule is CCCCC1(CCCC)Cc2c(cc(C(C)C)c(O)c2C(C)(C)C)O1. The Morgan fingerprint density at radius 2 is 1.68 bits per heavy atom. The minimum atomic E-state index is -0.0893. The Kier molecular flexibility index (Phi) is 6.12. The third-order valence-electron chi connectivity index (χ3n) is 5.57. The maximum Gasteiger partial charge on any atom is 0.124 e. The summed E-state index contributed by atoms with van der Waals surface area (Å²) in [5.74, 6) is 1.81. The molecule has 1 heterocycles. The van der Waals surface area contributed by atoms with Crippen molar-refractivity contribution in [3.63, 3.8) is 0 Å². The molecular weight excluding hydrogens is 308 g/mol. The fourth-order valence-electron chi connectivity index (χ4n) is 4.21. The van der Waals surface area contributed by atoms with Crippen LogP contribution >= 0.6 is 0 Å². The Balaban J connectivity index is 2.53. The molecule has 0 aliphatic carbocycles. The van der Waals surface area contributed by atoms with E-state index in [0.717, 1.165) is 36.1 Å². The van der Waals surface area contributed by atoms with Crippen molar-refractivity contribution < 1.29 is 9.84 Å². The molecule has 25 heavy (non-hydrogen) atoms. The van der Waals surface area contributed by atoms with Crippen LogP contribution in [0.3, 0.4) is 0 Å². The second kappa shape index (κ2) is 7.60. The minimum Gasteiger partial charge on any atom is -0.507 e. The highest BCUT2D eigenvalue weighted by atomic mass is 16.5. The zero-order valence-electron chi connectivity index (χ0n) is 17.5. The molecule has 2 rings (SSSR count). The highest BCUT2D eigenvalue weighted by Gasteiger charge is 2.42. The van der Waals surface area contributed by atoms with Crippen LogP contribution in [0.2, 0.25) is 0 Å². The van der Waals surface area contributed by atoms with Crippen LogP contribution in [0, 0.1) is 0 Å². The summed E-state index contributed by atoms with van der Waals surface area (Å²) in [7, 11) is 0. The number of unbranched alkanes of at least 4 members (excludes halogenated alkanes) is 2. The lowest BCUT2D eigenvalue weighted by Gasteiger charge is -2.29. The molecule has 1 aliphatic heterocycles. The molecule has 0 bridgehead atoms. The maximum atomic E-state index is 11.0.